The third-order valence-electron chi connectivity index (χ3n) is 4.09. The van der Waals surface area contributed by atoms with E-state index in [0.29, 0.717) is 0 Å². The number of rotatable bonds is 16. The summed E-state index contributed by atoms with van der Waals surface area (Å²) in [6.07, 6.45) is 13.7. The van der Waals surface area contributed by atoms with Crippen molar-refractivity contribution in [2.75, 3.05) is 32.8 Å². The highest BCUT2D eigenvalue weighted by Crippen LogP contribution is 2.10. The maximum Gasteiger partial charge on any atom is 0.0514 e. The molecule has 22 heavy (non-hydrogen) atoms. The molecule has 0 bridgehead atoms. The van der Waals surface area contributed by atoms with Crippen LogP contribution >= 0.6 is 11.6 Å². The summed E-state index contributed by atoms with van der Waals surface area (Å²) in [4.78, 5) is 2.35. The van der Waals surface area contributed by atoms with Gasteiger partial charge in [0.05, 0.1) is 6.61 Å². The van der Waals surface area contributed by atoms with Crippen LogP contribution in [-0.2, 0) is 4.74 Å². The number of likely N-dealkylation sites (N-methyl/N-ethyl adjacent to an activating group) is 1. The summed E-state index contributed by atoms with van der Waals surface area (Å²) in [5.41, 5.74) is 0. The molecule has 0 spiro atoms. The smallest absolute Gasteiger partial charge is 0.0514 e. The lowest BCUT2D eigenvalue weighted by molar-refractivity contribution is 0.133. The molecular formula is C19H38ClNO. The molecule has 0 amide bonds. The normalized spacial score (nSPS) is 12.3. The van der Waals surface area contributed by atoms with E-state index >= 15 is 0 Å². The van der Waals surface area contributed by atoms with Crippen molar-refractivity contribution in [3.63, 3.8) is 0 Å². The summed E-state index contributed by atoms with van der Waals surface area (Å²) >= 11 is 6.22. The van der Waals surface area contributed by atoms with Gasteiger partial charge in [0.25, 0.3) is 0 Å². The van der Waals surface area contributed by atoms with Crippen molar-refractivity contribution in [3.05, 3.63) is 11.1 Å². The molecule has 0 saturated heterocycles. The van der Waals surface area contributed by atoms with Crippen molar-refractivity contribution in [2.45, 2.75) is 78.6 Å². The van der Waals surface area contributed by atoms with Crippen LogP contribution < -0.4 is 0 Å². The number of unbranched alkanes of at least 4 members (excludes halogenated alkanes) is 7. The van der Waals surface area contributed by atoms with E-state index in [-0.39, 0.29) is 0 Å². The van der Waals surface area contributed by atoms with Crippen LogP contribution in [0.25, 0.3) is 0 Å². The second-order valence-corrected chi connectivity index (χ2v) is 6.46. The van der Waals surface area contributed by atoms with Crippen LogP contribution in [0.1, 0.15) is 78.6 Å². The largest absolute Gasteiger partial charge is 0.381 e. The lowest BCUT2D eigenvalue weighted by Gasteiger charge is -2.15. The number of hydrogen-bond acceptors (Lipinski definition) is 2. The van der Waals surface area contributed by atoms with Gasteiger partial charge in [0.15, 0.2) is 0 Å². The molecule has 0 aliphatic heterocycles. The predicted molar refractivity (Wildman–Crippen MR) is 99.8 cm³/mol. The zero-order valence-corrected chi connectivity index (χ0v) is 16.0. The standard InChI is InChI=1S/C19H38ClNO/c1-4-7-8-9-10-11-12-13-17-22-18-15-19(20)14-16-21(5-2)6-3/h14H,4-13,15-18H2,1-3H3. The molecule has 0 aliphatic rings. The summed E-state index contributed by atoms with van der Waals surface area (Å²) in [6.45, 7) is 11.4. The minimum atomic E-state index is 0.754. The van der Waals surface area contributed by atoms with Gasteiger partial charge in [-0.25, -0.2) is 0 Å². The van der Waals surface area contributed by atoms with Gasteiger partial charge in [0, 0.05) is 24.6 Å². The van der Waals surface area contributed by atoms with E-state index in [9.17, 15) is 0 Å². The molecule has 3 heteroatoms. The van der Waals surface area contributed by atoms with Gasteiger partial charge in [-0.3, -0.25) is 0 Å². The van der Waals surface area contributed by atoms with E-state index in [0.717, 1.165) is 44.3 Å². The molecule has 0 N–H and O–H groups in total. The van der Waals surface area contributed by atoms with Gasteiger partial charge in [-0.1, -0.05) is 83.4 Å². The fourth-order valence-corrected chi connectivity index (χ4v) is 2.57. The van der Waals surface area contributed by atoms with E-state index in [1.165, 1.54) is 51.4 Å². The summed E-state index contributed by atoms with van der Waals surface area (Å²) in [5.74, 6) is 0. The van der Waals surface area contributed by atoms with Crippen molar-refractivity contribution in [2.24, 2.45) is 0 Å². The van der Waals surface area contributed by atoms with Gasteiger partial charge in [0.1, 0.15) is 0 Å². The Hall–Kier alpha value is -0.0500. The first-order chi connectivity index (χ1) is 10.7. The van der Waals surface area contributed by atoms with Crippen LogP contribution in [0.15, 0.2) is 11.1 Å². The molecule has 0 rings (SSSR count). The minimum Gasteiger partial charge on any atom is -0.381 e. The molecule has 0 heterocycles. The van der Waals surface area contributed by atoms with E-state index in [2.05, 4.69) is 31.7 Å². The zero-order valence-electron chi connectivity index (χ0n) is 15.2. The van der Waals surface area contributed by atoms with Crippen molar-refractivity contribution in [3.8, 4) is 0 Å². The van der Waals surface area contributed by atoms with Gasteiger partial charge in [-0.2, -0.15) is 0 Å². The van der Waals surface area contributed by atoms with Crippen molar-refractivity contribution < 1.29 is 4.74 Å². The molecule has 0 unspecified atom stereocenters. The van der Waals surface area contributed by atoms with Crippen LogP contribution in [0.4, 0.5) is 0 Å². The first-order valence-electron chi connectivity index (χ1n) is 9.39. The Morgan fingerprint density at radius 2 is 1.45 bits per heavy atom. The minimum absolute atomic E-state index is 0.754. The van der Waals surface area contributed by atoms with Gasteiger partial charge < -0.3 is 9.64 Å². The molecule has 0 aromatic heterocycles. The van der Waals surface area contributed by atoms with Crippen LogP contribution in [0.3, 0.4) is 0 Å². The lowest BCUT2D eigenvalue weighted by atomic mass is 10.1. The first-order valence-corrected chi connectivity index (χ1v) is 9.76. The maximum absolute atomic E-state index is 6.22. The maximum atomic E-state index is 6.22. The molecule has 0 aromatic carbocycles. The van der Waals surface area contributed by atoms with Crippen molar-refractivity contribution in [1.82, 2.24) is 4.90 Å². The van der Waals surface area contributed by atoms with E-state index in [4.69, 9.17) is 16.3 Å². The third-order valence-corrected chi connectivity index (χ3v) is 4.44. The van der Waals surface area contributed by atoms with Gasteiger partial charge in [-0.05, 0) is 19.5 Å². The molecule has 0 aromatic rings. The van der Waals surface area contributed by atoms with E-state index in [1.807, 2.05) is 0 Å². The second-order valence-electron chi connectivity index (χ2n) is 5.97. The summed E-state index contributed by atoms with van der Waals surface area (Å²) in [5, 5.41) is 0.933. The molecule has 132 valence electrons. The first kappa shape index (κ1) is 21.9. The molecule has 0 atom stereocenters. The summed E-state index contributed by atoms with van der Waals surface area (Å²) < 4.78 is 5.67. The van der Waals surface area contributed by atoms with Gasteiger partial charge >= 0.3 is 0 Å². The fourth-order valence-electron chi connectivity index (χ4n) is 2.42. The highest BCUT2D eigenvalue weighted by Gasteiger charge is 1.98. The van der Waals surface area contributed by atoms with E-state index < -0.39 is 0 Å². The quantitative estimate of drug-likeness (QED) is 0.322. The molecule has 0 radical (unpaired) electrons. The average Bonchev–Trinajstić information content (AvgIpc) is 2.53. The molecular weight excluding hydrogens is 294 g/mol. The van der Waals surface area contributed by atoms with Crippen LogP contribution in [0.2, 0.25) is 0 Å². The fraction of sp³-hybridized carbons (Fsp3) is 0.895. The molecule has 0 aliphatic carbocycles. The van der Waals surface area contributed by atoms with E-state index in [1.54, 1.807) is 0 Å². The highest BCUT2D eigenvalue weighted by molar-refractivity contribution is 6.29. The SMILES string of the molecule is CCCCCCCCCCOCCC(Cl)=CCN(CC)CC. The van der Waals surface area contributed by atoms with Crippen molar-refractivity contribution >= 4 is 11.6 Å². The number of halogens is 1. The highest BCUT2D eigenvalue weighted by atomic mass is 35.5. The monoisotopic (exact) mass is 331 g/mol. The number of ether oxygens (including phenoxy) is 1. The van der Waals surface area contributed by atoms with Crippen molar-refractivity contribution in [1.29, 1.82) is 0 Å². The Labute approximate surface area is 144 Å². The Bertz CT molecular complexity index is 252. The summed E-state index contributed by atoms with van der Waals surface area (Å²) in [7, 11) is 0. The molecule has 0 fully saturated rings. The Balaban J connectivity index is 3.33. The Morgan fingerprint density at radius 1 is 0.864 bits per heavy atom. The topological polar surface area (TPSA) is 12.5 Å². The molecule has 2 nitrogen and oxygen atoms in total. The lowest BCUT2D eigenvalue weighted by Crippen LogP contribution is -2.22. The van der Waals surface area contributed by atoms with Gasteiger partial charge in [-0.15, -0.1) is 0 Å². The molecule has 0 saturated carbocycles. The van der Waals surface area contributed by atoms with Crippen LogP contribution in [-0.4, -0.2) is 37.7 Å². The predicted octanol–water partition coefficient (Wildman–Crippen LogP) is 6.00. The van der Waals surface area contributed by atoms with Crippen LogP contribution in [0, 0.1) is 0 Å². The third kappa shape index (κ3) is 14.9. The second kappa shape index (κ2) is 17.3. The number of hydrogen-bond donors (Lipinski definition) is 0. The Kier molecular flexibility index (Phi) is 17.3. The zero-order chi connectivity index (χ0) is 16.5. The van der Waals surface area contributed by atoms with Crippen LogP contribution in [0.5, 0.6) is 0 Å². The van der Waals surface area contributed by atoms with Gasteiger partial charge in [0.2, 0.25) is 0 Å². The Morgan fingerprint density at radius 3 is 2.05 bits per heavy atom. The average molecular weight is 332 g/mol. The summed E-state index contributed by atoms with van der Waals surface area (Å²) in [6, 6.07) is 0. The number of nitrogens with zero attached hydrogens (tertiary/aromatic N) is 1.